The molecule has 4 fully saturated rings. The summed E-state index contributed by atoms with van der Waals surface area (Å²) in [6, 6.07) is 0. The summed E-state index contributed by atoms with van der Waals surface area (Å²) in [6.07, 6.45) is 7.91. The first-order valence-electron chi connectivity index (χ1n) is 4.78. The Morgan fingerprint density at radius 2 is 1.90 bits per heavy atom. The Bertz CT molecular complexity index is 165. The van der Waals surface area contributed by atoms with Gasteiger partial charge >= 0.3 is 0 Å². The zero-order valence-corrected chi connectivity index (χ0v) is 6.77. The van der Waals surface area contributed by atoms with E-state index in [4.69, 9.17) is 0 Å². The summed E-state index contributed by atoms with van der Waals surface area (Å²) in [5.74, 6) is 3.47. The number of rotatable bonds is 0. The maximum atomic E-state index is 2.54. The minimum absolute atomic E-state index is 0.827. The third kappa shape index (κ3) is 0.466. The smallest absolute Gasteiger partial charge is 0.0292 e. The van der Waals surface area contributed by atoms with E-state index >= 15 is 0 Å². The summed E-state index contributed by atoms with van der Waals surface area (Å²) >= 11 is 0. The van der Waals surface area contributed by atoms with Gasteiger partial charge in [0.2, 0.25) is 0 Å². The van der Waals surface area contributed by atoms with Gasteiger partial charge in [0, 0.05) is 0 Å². The van der Waals surface area contributed by atoms with E-state index in [1.165, 1.54) is 5.92 Å². The molecule has 4 atom stereocenters. The Morgan fingerprint density at radius 1 is 1.10 bits per heavy atom. The highest BCUT2D eigenvalue weighted by Crippen LogP contribution is 2.66. The highest BCUT2D eigenvalue weighted by Gasteiger charge is 2.56. The van der Waals surface area contributed by atoms with Crippen molar-refractivity contribution in [1.29, 1.82) is 0 Å². The monoisotopic (exact) mass is 136 g/mol. The molecule has 0 aromatic heterocycles. The van der Waals surface area contributed by atoms with Crippen LogP contribution in [0.3, 0.4) is 0 Å². The molecule has 10 heavy (non-hydrogen) atoms. The van der Waals surface area contributed by atoms with Crippen molar-refractivity contribution in [2.75, 3.05) is 0 Å². The van der Waals surface area contributed by atoms with Crippen LogP contribution in [-0.4, -0.2) is 0 Å². The van der Waals surface area contributed by atoms with E-state index in [-0.39, 0.29) is 0 Å². The van der Waals surface area contributed by atoms with Crippen LogP contribution in [0.5, 0.6) is 0 Å². The predicted octanol–water partition coefficient (Wildman–Crippen LogP) is 2.83. The van der Waals surface area contributed by atoms with E-state index in [2.05, 4.69) is 6.92 Å². The first-order chi connectivity index (χ1) is 4.78. The lowest BCUT2D eigenvalue weighted by atomic mass is 9.65. The SMILES string of the molecule is CC12CC3CCC1CC3C2. The van der Waals surface area contributed by atoms with E-state index in [9.17, 15) is 0 Å². The van der Waals surface area contributed by atoms with Gasteiger partial charge in [-0.1, -0.05) is 6.92 Å². The van der Waals surface area contributed by atoms with Crippen molar-refractivity contribution >= 4 is 0 Å². The fourth-order valence-electron chi connectivity index (χ4n) is 4.09. The molecule has 0 aromatic rings. The van der Waals surface area contributed by atoms with E-state index in [1.54, 1.807) is 32.1 Å². The molecule has 0 nitrogen and oxygen atoms in total. The molecular formula is C10H16. The molecule has 4 aliphatic carbocycles. The molecule has 0 heterocycles. The summed E-state index contributed by atoms with van der Waals surface area (Å²) in [4.78, 5) is 0. The van der Waals surface area contributed by atoms with Gasteiger partial charge in [0.05, 0.1) is 0 Å². The van der Waals surface area contributed by atoms with Gasteiger partial charge < -0.3 is 0 Å². The normalized spacial score (nSPS) is 63.9. The van der Waals surface area contributed by atoms with E-state index in [0.717, 1.165) is 17.3 Å². The number of fused-ring (bicyclic) bond motifs is 1. The van der Waals surface area contributed by atoms with Crippen LogP contribution in [-0.2, 0) is 0 Å². The molecule has 56 valence electrons. The van der Waals surface area contributed by atoms with Crippen LogP contribution >= 0.6 is 0 Å². The second kappa shape index (κ2) is 1.44. The summed E-state index contributed by atoms with van der Waals surface area (Å²) in [5.41, 5.74) is 0.827. The molecule has 4 unspecified atom stereocenters. The maximum absolute atomic E-state index is 2.54. The Kier molecular flexibility index (Phi) is 0.810. The van der Waals surface area contributed by atoms with Crippen molar-refractivity contribution in [3.8, 4) is 0 Å². The average Bonchev–Trinajstić information content (AvgIpc) is 2.33. The molecule has 4 aliphatic rings. The first-order valence-corrected chi connectivity index (χ1v) is 4.78. The molecule has 0 saturated heterocycles. The highest BCUT2D eigenvalue weighted by atomic mass is 14.6. The highest BCUT2D eigenvalue weighted by molar-refractivity contribution is 5.06. The van der Waals surface area contributed by atoms with Gasteiger partial charge in [-0.15, -0.1) is 0 Å². The summed E-state index contributed by atoms with van der Waals surface area (Å²) in [5, 5.41) is 0. The van der Waals surface area contributed by atoms with Crippen molar-refractivity contribution in [2.24, 2.45) is 23.2 Å². The molecule has 0 aliphatic heterocycles. The Labute approximate surface area is 63.0 Å². The van der Waals surface area contributed by atoms with Crippen LogP contribution in [0.4, 0.5) is 0 Å². The molecule has 0 radical (unpaired) electrons. The van der Waals surface area contributed by atoms with Crippen LogP contribution in [0.25, 0.3) is 0 Å². The van der Waals surface area contributed by atoms with Crippen LogP contribution in [0, 0.1) is 23.2 Å². The topological polar surface area (TPSA) is 0 Å². The maximum Gasteiger partial charge on any atom is -0.0292 e. The van der Waals surface area contributed by atoms with Crippen LogP contribution < -0.4 is 0 Å². The standard InChI is InChI=1S/C10H16/c1-10-5-7-2-3-9(10)4-8(7)6-10/h7-9H,2-6H2,1H3. The zero-order chi connectivity index (χ0) is 6.77. The molecule has 0 aromatic carbocycles. The van der Waals surface area contributed by atoms with Gasteiger partial charge in [0.15, 0.2) is 0 Å². The predicted molar refractivity (Wildman–Crippen MR) is 41.7 cm³/mol. The molecule has 0 amide bonds. The van der Waals surface area contributed by atoms with Crippen molar-refractivity contribution in [3.63, 3.8) is 0 Å². The van der Waals surface area contributed by atoms with Gasteiger partial charge in [-0.25, -0.2) is 0 Å². The van der Waals surface area contributed by atoms with Crippen molar-refractivity contribution in [1.82, 2.24) is 0 Å². The molecular weight excluding hydrogens is 120 g/mol. The van der Waals surface area contributed by atoms with Gasteiger partial charge in [-0.2, -0.15) is 0 Å². The third-order valence-corrected chi connectivity index (χ3v) is 4.58. The summed E-state index contributed by atoms with van der Waals surface area (Å²) < 4.78 is 0. The van der Waals surface area contributed by atoms with Gasteiger partial charge in [-0.3, -0.25) is 0 Å². The minimum Gasteiger partial charge on any atom is -0.0594 e. The van der Waals surface area contributed by atoms with Crippen molar-refractivity contribution in [3.05, 3.63) is 0 Å². The van der Waals surface area contributed by atoms with Crippen LogP contribution in [0.15, 0.2) is 0 Å². The summed E-state index contributed by atoms with van der Waals surface area (Å²) in [6.45, 7) is 2.54. The molecule has 4 bridgehead atoms. The Hall–Kier alpha value is 0. The lowest BCUT2D eigenvalue weighted by Crippen LogP contribution is -2.31. The van der Waals surface area contributed by atoms with Gasteiger partial charge in [0.1, 0.15) is 0 Å². The fourth-order valence-corrected chi connectivity index (χ4v) is 4.09. The number of hydrogen-bond donors (Lipinski definition) is 0. The second-order valence-corrected chi connectivity index (χ2v) is 5.09. The van der Waals surface area contributed by atoms with E-state index in [1.807, 2.05) is 0 Å². The van der Waals surface area contributed by atoms with E-state index < -0.39 is 0 Å². The second-order valence-electron chi connectivity index (χ2n) is 5.09. The molecule has 4 saturated carbocycles. The van der Waals surface area contributed by atoms with E-state index in [0.29, 0.717) is 0 Å². The van der Waals surface area contributed by atoms with Crippen molar-refractivity contribution in [2.45, 2.75) is 39.0 Å². The lowest BCUT2D eigenvalue weighted by molar-refractivity contribution is 0.0962. The largest absolute Gasteiger partial charge is 0.0594 e. The Balaban J connectivity index is 2.05. The zero-order valence-electron chi connectivity index (χ0n) is 6.77. The Morgan fingerprint density at radius 3 is 2.30 bits per heavy atom. The van der Waals surface area contributed by atoms with Crippen LogP contribution in [0.1, 0.15) is 39.0 Å². The van der Waals surface area contributed by atoms with Crippen molar-refractivity contribution < 1.29 is 0 Å². The summed E-state index contributed by atoms with van der Waals surface area (Å²) in [7, 11) is 0. The molecule has 0 N–H and O–H groups in total. The third-order valence-electron chi connectivity index (χ3n) is 4.58. The minimum atomic E-state index is 0.827. The quantitative estimate of drug-likeness (QED) is 0.480. The fraction of sp³-hybridized carbons (Fsp3) is 1.00. The van der Waals surface area contributed by atoms with Gasteiger partial charge in [-0.05, 0) is 55.3 Å². The average molecular weight is 136 g/mol. The first kappa shape index (κ1) is 5.62. The molecule has 0 heteroatoms. The number of hydrogen-bond acceptors (Lipinski definition) is 0. The molecule has 0 spiro atoms. The lowest BCUT2D eigenvalue weighted by Gasteiger charge is -2.41. The molecule has 4 rings (SSSR count). The van der Waals surface area contributed by atoms with Crippen LogP contribution in [0.2, 0.25) is 0 Å². The van der Waals surface area contributed by atoms with Gasteiger partial charge in [0.25, 0.3) is 0 Å².